The van der Waals surface area contributed by atoms with Crippen LogP contribution < -0.4 is 10.6 Å². The number of hydrazine groups is 1. The van der Waals surface area contributed by atoms with Gasteiger partial charge in [-0.1, -0.05) is 25.1 Å². The van der Waals surface area contributed by atoms with Crippen LogP contribution in [0.5, 0.6) is 0 Å². The normalized spacial score (nSPS) is 22.6. The molecule has 1 aromatic rings. The van der Waals surface area contributed by atoms with Crippen LogP contribution in [-0.2, 0) is 19.2 Å². The van der Waals surface area contributed by atoms with Crippen LogP contribution in [0, 0.1) is 0 Å². The first-order valence-corrected chi connectivity index (χ1v) is 10.2. The highest BCUT2D eigenvalue weighted by Gasteiger charge is 2.44. The molecule has 1 aromatic carbocycles. The lowest BCUT2D eigenvalue weighted by molar-refractivity contribution is -0.176. The third-order valence-electron chi connectivity index (χ3n) is 5.44. The van der Waals surface area contributed by atoms with Gasteiger partial charge in [0.05, 0.1) is 6.04 Å². The van der Waals surface area contributed by atoms with E-state index in [9.17, 15) is 24.0 Å². The molecule has 2 heterocycles. The van der Waals surface area contributed by atoms with E-state index in [4.69, 9.17) is 0 Å². The van der Waals surface area contributed by atoms with Gasteiger partial charge in [0.1, 0.15) is 18.4 Å². The van der Waals surface area contributed by atoms with Crippen molar-refractivity contribution in [1.29, 1.82) is 0 Å². The maximum absolute atomic E-state index is 13.3. The Balaban J connectivity index is 1.82. The average molecular weight is 414 g/mol. The Morgan fingerprint density at radius 2 is 1.93 bits per heavy atom. The zero-order valence-corrected chi connectivity index (χ0v) is 16.9. The molecule has 9 nitrogen and oxygen atoms in total. The van der Waals surface area contributed by atoms with Gasteiger partial charge in [-0.2, -0.15) is 0 Å². The predicted octanol–water partition coefficient (Wildman–Crippen LogP) is 0.407. The van der Waals surface area contributed by atoms with Gasteiger partial charge < -0.3 is 15.4 Å². The van der Waals surface area contributed by atoms with Crippen LogP contribution in [-0.4, -0.2) is 64.6 Å². The molecule has 0 radical (unpaired) electrons. The maximum Gasteiger partial charge on any atom is 0.264 e. The summed E-state index contributed by atoms with van der Waals surface area (Å²) in [4.78, 5) is 62.4. The fourth-order valence-corrected chi connectivity index (χ4v) is 3.75. The molecule has 2 aliphatic heterocycles. The zero-order chi connectivity index (χ0) is 21.7. The smallest absolute Gasteiger partial charge is 0.264 e. The van der Waals surface area contributed by atoms with Crippen molar-refractivity contribution in [2.75, 3.05) is 6.54 Å². The lowest BCUT2D eigenvalue weighted by atomic mass is 10.0. The third kappa shape index (κ3) is 4.50. The second-order valence-electron chi connectivity index (χ2n) is 7.45. The van der Waals surface area contributed by atoms with E-state index >= 15 is 0 Å². The van der Waals surface area contributed by atoms with Crippen LogP contribution >= 0.6 is 0 Å². The first-order chi connectivity index (χ1) is 14.5. The Hall–Kier alpha value is -3.23. The standard InChI is InChI=1S/C21H26N4O5/c1-2-15(13-26)22-20(29)17-9-6-12-24-18(27)11-10-16(21(30)25(17)24)23-19(28)14-7-4-3-5-8-14/h3-5,7-8,13,15-17H,2,6,9-12H2,1H3,(H,22,29)(H,23,28). The Morgan fingerprint density at radius 3 is 2.60 bits per heavy atom. The Labute approximate surface area is 174 Å². The monoisotopic (exact) mass is 414 g/mol. The molecule has 160 valence electrons. The van der Waals surface area contributed by atoms with Crippen molar-refractivity contribution in [1.82, 2.24) is 20.7 Å². The largest absolute Gasteiger partial charge is 0.345 e. The molecule has 0 aromatic heterocycles. The first kappa shape index (κ1) is 21.5. The van der Waals surface area contributed by atoms with Crippen molar-refractivity contribution < 1.29 is 24.0 Å². The number of nitrogens with one attached hydrogen (secondary N) is 2. The molecule has 3 rings (SSSR count). The summed E-state index contributed by atoms with van der Waals surface area (Å²) in [5, 5.41) is 7.83. The molecule has 0 aliphatic carbocycles. The van der Waals surface area contributed by atoms with E-state index in [1.165, 1.54) is 10.0 Å². The molecule has 0 spiro atoms. The molecule has 0 bridgehead atoms. The van der Waals surface area contributed by atoms with Crippen LogP contribution in [0.3, 0.4) is 0 Å². The number of fused-ring (bicyclic) bond motifs is 1. The van der Waals surface area contributed by atoms with Crippen LogP contribution in [0.15, 0.2) is 30.3 Å². The fraction of sp³-hybridized carbons (Fsp3) is 0.476. The number of rotatable bonds is 6. The summed E-state index contributed by atoms with van der Waals surface area (Å²) in [6.07, 6.45) is 2.25. The molecule has 0 saturated carbocycles. The van der Waals surface area contributed by atoms with Gasteiger partial charge in [-0.25, -0.2) is 5.01 Å². The molecule has 9 heteroatoms. The van der Waals surface area contributed by atoms with E-state index < -0.39 is 35.8 Å². The summed E-state index contributed by atoms with van der Waals surface area (Å²) < 4.78 is 0. The third-order valence-corrected chi connectivity index (χ3v) is 5.44. The molecule has 30 heavy (non-hydrogen) atoms. The van der Waals surface area contributed by atoms with E-state index in [2.05, 4.69) is 10.6 Å². The summed E-state index contributed by atoms with van der Waals surface area (Å²) in [6, 6.07) is 6.01. The second kappa shape index (κ2) is 9.51. The van der Waals surface area contributed by atoms with Crippen molar-refractivity contribution in [2.24, 2.45) is 0 Å². The van der Waals surface area contributed by atoms with Crippen molar-refractivity contribution in [2.45, 2.75) is 57.2 Å². The van der Waals surface area contributed by atoms with Gasteiger partial charge in [0.2, 0.25) is 11.8 Å². The van der Waals surface area contributed by atoms with Crippen LogP contribution in [0.1, 0.15) is 49.4 Å². The summed E-state index contributed by atoms with van der Waals surface area (Å²) in [5.74, 6) is -1.65. The number of nitrogens with zero attached hydrogens (tertiary/aromatic N) is 2. The summed E-state index contributed by atoms with van der Waals surface area (Å²) >= 11 is 0. The topological polar surface area (TPSA) is 116 Å². The summed E-state index contributed by atoms with van der Waals surface area (Å²) in [7, 11) is 0. The highest BCUT2D eigenvalue weighted by atomic mass is 16.2. The van der Waals surface area contributed by atoms with Crippen molar-refractivity contribution in [3.63, 3.8) is 0 Å². The minimum Gasteiger partial charge on any atom is -0.345 e. The SMILES string of the molecule is CCC(C=O)NC(=O)C1CCCN2C(=O)CCC(NC(=O)c3ccccc3)C(=O)N12. The van der Waals surface area contributed by atoms with Gasteiger partial charge in [-0.3, -0.25) is 24.2 Å². The molecule has 3 atom stereocenters. The molecular weight excluding hydrogens is 388 g/mol. The minimum absolute atomic E-state index is 0.0856. The number of benzene rings is 1. The van der Waals surface area contributed by atoms with Crippen molar-refractivity contribution in [3.8, 4) is 0 Å². The van der Waals surface area contributed by atoms with Crippen molar-refractivity contribution >= 4 is 29.9 Å². The molecule has 2 N–H and O–H groups in total. The lowest BCUT2D eigenvalue weighted by Gasteiger charge is -2.43. The maximum atomic E-state index is 13.3. The number of carbonyl (C=O) groups is 5. The summed E-state index contributed by atoms with van der Waals surface area (Å²) in [6.45, 7) is 2.10. The van der Waals surface area contributed by atoms with E-state index in [1.807, 2.05) is 0 Å². The highest BCUT2D eigenvalue weighted by molar-refractivity contribution is 5.99. The molecule has 4 amide bonds. The summed E-state index contributed by atoms with van der Waals surface area (Å²) in [5.41, 5.74) is 0.405. The van der Waals surface area contributed by atoms with Gasteiger partial charge in [0.15, 0.2) is 0 Å². The Bertz CT molecular complexity index is 828. The number of amides is 4. The number of aldehydes is 1. The lowest BCUT2D eigenvalue weighted by Crippen LogP contribution is -2.64. The van der Waals surface area contributed by atoms with Gasteiger partial charge in [0, 0.05) is 18.5 Å². The van der Waals surface area contributed by atoms with Gasteiger partial charge in [-0.15, -0.1) is 0 Å². The first-order valence-electron chi connectivity index (χ1n) is 10.2. The van der Waals surface area contributed by atoms with Crippen LogP contribution in [0.4, 0.5) is 0 Å². The van der Waals surface area contributed by atoms with Gasteiger partial charge in [0.25, 0.3) is 11.8 Å². The number of hydrogen-bond acceptors (Lipinski definition) is 5. The molecule has 2 aliphatic rings. The van der Waals surface area contributed by atoms with E-state index in [1.54, 1.807) is 37.3 Å². The van der Waals surface area contributed by atoms with Gasteiger partial charge in [-0.05, 0) is 37.8 Å². The molecule has 2 saturated heterocycles. The molecular formula is C21H26N4O5. The van der Waals surface area contributed by atoms with E-state index in [0.717, 1.165) is 0 Å². The Morgan fingerprint density at radius 1 is 1.20 bits per heavy atom. The number of carbonyl (C=O) groups excluding carboxylic acids is 5. The molecule has 2 fully saturated rings. The van der Waals surface area contributed by atoms with Gasteiger partial charge >= 0.3 is 0 Å². The predicted molar refractivity (Wildman–Crippen MR) is 107 cm³/mol. The minimum atomic E-state index is -0.923. The zero-order valence-electron chi connectivity index (χ0n) is 16.9. The van der Waals surface area contributed by atoms with Crippen molar-refractivity contribution in [3.05, 3.63) is 35.9 Å². The van der Waals surface area contributed by atoms with E-state index in [0.29, 0.717) is 37.7 Å². The van der Waals surface area contributed by atoms with Crippen LogP contribution in [0.2, 0.25) is 0 Å². The molecule has 3 unspecified atom stereocenters. The average Bonchev–Trinajstić information content (AvgIpc) is 2.89. The Kier molecular flexibility index (Phi) is 6.81. The fourth-order valence-electron chi connectivity index (χ4n) is 3.75. The number of hydrogen-bond donors (Lipinski definition) is 2. The van der Waals surface area contributed by atoms with E-state index in [-0.39, 0.29) is 18.7 Å². The highest BCUT2D eigenvalue weighted by Crippen LogP contribution is 2.25. The quantitative estimate of drug-likeness (QED) is 0.654. The van der Waals surface area contributed by atoms with Crippen LogP contribution in [0.25, 0.3) is 0 Å². The second-order valence-corrected chi connectivity index (χ2v) is 7.45.